The van der Waals surface area contributed by atoms with E-state index in [1.807, 2.05) is 31.2 Å². The number of halogens is 1. The van der Waals surface area contributed by atoms with Gasteiger partial charge in [-0.25, -0.2) is 0 Å². The number of hydrogen-bond donors (Lipinski definition) is 3. The van der Waals surface area contributed by atoms with Gasteiger partial charge >= 0.3 is 0 Å². The summed E-state index contributed by atoms with van der Waals surface area (Å²) >= 11 is 0. The van der Waals surface area contributed by atoms with Crippen LogP contribution in [0.1, 0.15) is 39.0 Å². The van der Waals surface area contributed by atoms with Crippen LogP contribution in [0.2, 0.25) is 0 Å². The fourth-order valence-corrected chi connectivity index (χ4v) is 3.10. The fourth-order valence-electron chi connectivity index (χ4n) is 3.10. The number of benzene rings is 1. The Labute approximate surface area is 185 Å². The number of ether oxygens (including phenoxy) is 2. The first-order valence-electron chi connectivity index (χ1n) is 9.65. The maximum absolute atomic E-state index is 12.1. The first kappa shape index (κ1) is 24.3. The minimum absolute atomic E-state index is 0. The molecule has 8 heteroatoms. The highest BCUT2D eigenvalue weighted by molar-refractivity contribution is 14.0. The van der Waals surface area contributed by atoms with Crippen molar-refractivity contribution in [3.8, 4) is 11.5 Å². The van der Waals surface area contributed by atoms with Gasteiger partial charge in [-0.05, 0) is 31.9 Å². The summed E-state index contributed by atoms with van der Waals surface area (Å²) in [6, 6.07) is 7.82. The van der Waals surface area contributed by atoms with Crippen molar-refractivity contribution in [3.05, 3.63) is 24.3 Å². The van der Waals surface area contributed by atoms with Gasteiger partial charge in [0, 0.05) is 19.2 Å². The van der Waals surface area contributed by atoms with Gasteiger partial charge in [0.1, 0.15) is 17.6 Å². The third kappa shape index (κ3) is 8.99. The number of rotatable bonds is 8. The van der Waals surface area contributed by atoms with Crippen LogP contribution in [0.5, 0.6) is 11.5 Å². The van der Waals surface area contributed by atoms with Crippen LogP contribution in [0.15, 0.2) is 29.3 Å². The maximum atomic E-state index is 12.1. The Morgan fingerprint density at radius 3 is 2.61 bits per heavy atom. The Bertz CT molecular complexity index is 621. The summed E-state index contributed by atoms with van der Waals surface area (Å²) in [6.45, 7) is 2.73. The van der Waals surface area contributed by atoms with E-state index in [1.165, 1.54) is 19.3 Å². The average Bonchev–Trinajstić information content (AvgIpc) is 2.69. The second-order valence-electron chi connectivity index (χ2n) is 6.82. The molecular weight excluding hydrogens is 471 g/mol. The van der Waals surface area contributed by atoms with Crippen molar-refractivity contribution in [2.24, 2.45) is 4.99 Å². The Hall–Kier alpha value is -1.71. The number of carbonyl (C=O) groups is 1. The van der Waals surface area contributed by atoms with Gasteiger partial charge < -0.3 is 25.4 Å². The molecule has 28 heavy (non-hydrogen) atoms. The molecule has 3 N–H and O–H groups in total. The van der Waals surface area contributed by atoms with Gasteiger partial charge in [0.25, 0.3) is 0 Å². The van der Waals surface area contributed by atoms with Crippen LogP contribution >= 0.6 is 24.0 Å². The predicted molar refractivity (Wildman–Crippen MR) is 123 cm³/mol. The van der Waals surface area contributed by atoms with Gasteiger partial charge in [-0.15, -0.1) is 24.0 Å². The van der Waals surface area contributed by atoms with E-state index in [0.29, 0.717) is 18.5 Å². The molecule has 7 nitrogen and oxygen atoms in total. The van der Waals surface area contributed by atoms with Crippen LogP contribution in [-0.2, 0) is 4.79 Å². The normalized spacial score (nSPS) is 15.8. The van der Waals surface area contributed by atoms with Gasteiger partial charge in [0.2, 0.25) is 5.91 Å². The Morgan fingerprint density at radius 1 is 1.21 bits per heavy atom. The summed E-state index contributed by atoms with van der Waals surface area (Å²) in [4.78, 5) is 16.2. The number of carbonyl (C=O) groups excluding carboxylic acids is 1. The van der Waals surface area contributed by atoms with Crippen molar-refractivity contribution in [1.82, 2.24) is 16.0 Å². The Balaban J connectivity index is 0.00000392. The molecule has 1 atom stereocenters. The highest BCUT2D eigenvalue weighted by Crippen LogP contribution is 2.19. The first-order chi connectivity index (χ1) is 13.1. The molecule has 0 spiro atoms. The zero-order valence-electron chi connectivity index (χ0n) is 17.0. The topological polar surface area (TPSA) is 84.0 Å². The smallest absolute Gasteiger partial charge is 0.239 e. The number of guanidine groups is 1. The number of amides is 1. The molecule has 1 amide bonds. The minimum Gasteiger partial charge on any atom is -0.497 e. The molecule has 1 aliphatic carbocycles. The molecule has 0 saturated heterocycles. The van der Waals surface area contributed by atoms with E-state index in [9.17, 15) is 4.79 Å². The third-order valence-electron chi connectivity index (χ3n) is 4.55. The summed E-state index contributed by atoms with van der Waals surface area (Å²) < 4.78 is 11.1. The lowest BCUT2D eigenvalue weighted by molar-refractivity contribution is -0.120. The molecule has 158 valence electrons. The van der Waals surface area contributed by atoms with Crippen LogP contribution in [0, 0.1) is 0 Å². The Kier molecular flexibility index (Phi) is 11.7. The molecule has 1 aromatic carbocycles. The van der Waals surface area contributed by atoms with Crippen LogP contribution in [-0.4, -0.2) is 51.3 Å². The quantitative estimate of drug-likeness (QED) is 0.288. The summed E-state index contributed by atoms with van der Waals surface area (Å²) in [6.07, 6.45) is 5.76. The van der Waals surface area contributed by atoms with E-state index >= 15 is 0 Å². The minimum atomic E-state index is -0.0771. The third-order valence-corrected chi connectivity index (χ3v) is 4.55. The molecule has 0 bridgehead atoms. The van der Waals surface area contributed by atoms with Crippen LogP contribution in [0.4, 0.5) is 0 Å². The number of methoxy groups -OCH3 is 1. The standard InChI is InChI=1S/C20H32N4O3.HI/c1-15(27-18-11-7-10-17(12-18)26-3)13-22-20(21-2)23-14-19(25)24-16-8-5-4-6-9-16;/h7,10-12,15-16H,4-6,8-9,13-14H2,1-3H3,(H,24,25)(H2,21,22,23);1H. The second kappa shape index (κ2) is 13.5. The highest BCUT2D eigenvalue weighted by Gasteiger charge is 2.15. The van der Waals surface area contributed by atoms with Crippen molar-refractivity contribution >= 4 is 35.8 Å². The molecule has 0 heterocycles. The zero-order chi connectivity index (χ0) is 19.5. The number of nitrogens with zero attached hydrogens (tertiary/aromatic N) is 1. The van der Waals surface area contributed by atoms with Gasteiger partial charge in [-0.1, -0.05) is 25.3 Å². The summed E-state index contributed by atoms with van der Waals surface area (Å²) in [5.74, 6) is 2.09. The summed E-state index contributed by atoms with van der Waals surface area (Å²) in [7, 11) is 3.31. The van der Waals surface area contributed by atoms with E-state index in [0.717, 1.165) is 24.3 Å². The first-order valence-corrected chi connectivity index (χ1v) is 9.65. The van der Waals surface area contributed by atoms with Crippen molar-refractivity contribution in [2.45, 2.75) is 51.2 Å². The fraction of sp³-hybridized carbons (Fsp3) is 0.600. The van der Waals surface area contributed by atoms with Gasteiger partial charge in [0.15, 0.2) is 5.96 Å². The number of nitrogens with one attached hydrogen (secondary N) is 3. The van der Waals surface area contributed by atoms with Crippen molar-refractivity contribution in [1.29, 1.82) is 0 Å². The monoisotopic (exact) mass is 504 g/mol. The van der Waals surface area contributed by atoms with E-state index in [-0.39, 0.29) is 42.5 Å². The van der Waals surface area contributed by atoms with Crippen molar-refractivity contribution in [2.75, 3.05) is 27.2 Å². The molecular formula is C20H33IN4O3. The predicted octanol–water partition coefficient (Wildman–Crippen LogP) is 2.69. The SMILES string of the molecule is CN=C(NCC(=O)NC1CCCCC1)NCC(C)Oc1cccc(OC)c1.I. The summed E-state index contributed by atoms with van der Waals surface area (Å²) in [5.41, 5.74) is 0. The van der Waals surface area contributed by atoms with E-state index in [1.54, 1.807) is 14.2 Å². The largest absolute Gasteiger partial charge is 0.497 e. The molecule has 0 aliphatic heterocycles. The second-order valence-corrected chi connectivity index (χ2v) is 6.82. The molecule has 1 aliphatic rings. The number of hydrogen-bond acceptors (Lipinski definition) is 4. The van der Waals surface area contributed by atoms with Crippen LogP contribution < -0.4 is 25.4 Å². The molecule has 1 saturated carbocycles. The maximum Gasteiger partial charge on any atom is 0.239 e. The van der Waals surface area contributed by atoms with Gasteiger partial charge in [-0.2, -0.15) is 0 Å². The highest BCUT2D eigenvalue weighted by atomic mass is 127. The lowest BCUT2D eigenvalue weighted by Crippen LogP contribution is -2.47. The van der Waals surface area contributed by atoms with Gasteiger partial charge in [-0.3, -0.25) is 9.79 Å². The summed E-state index contributed by atoms with van der Waals surface area (Å²) in [5, 5.41) is 9.31. The molecule has 2 rings (SSSR count). The number of aliphatic imine (C=N–C) groups is 1. The van der Waals surface area contributed by atoms with Crippen LogP contribution in [0.25, 0.3) is 0 Å². The lowest BCUT2D eigenvalue weighted by Gasteiger charge is -2.23. The van der Waals surface area contributed by atoms with E-state index < -0.39 is 0 Å². The molecule has 1 fully saturated rings. The van der Waals surface area contributed by atoms with Crippen LogP contribution in [0.3, 0.4) is 0 Å². The van der Waals surface area contributed by atoms with E-state index in [2.05, 4.69) is 20.9 Å². The van der Waals surface area contributed by atoms with Gasteiger partial charge in [0.05, 0.1) is 20.2 Å². The lowest BCUT2D eigenvalue weighted by atomic mass is 9.95. The molecule has 0 radical (unpaired) electrons. The zero-order valence-corrected chi connectivity index (χ0v) is 19.3. The van der Waals surface area contributed by atoms with Crippen molar-refractivity contribution in [3.63, 3.8) is 0 Å². The Morgan fingerprint density at radius 2 is 1.93 bits per heavy atom. The average molecular weight is 504 g/mol. The van der Waals surface area contributed by atoms with Crippen molar-refractivity contribution < 1.29 is 14.3 Å². The molecule has 1 aromatic rings. The molecule has 1 unspecified atom stereocenters. The van der Waals surface area contributed by atoms with E-state index in [4.69, 9.17) is 9.47 Å². The molecule has 0 aromatic heterocycles.